The molecule has 26 heavy (non-hydrogen) atoms. The van der Waals surface area contributed by atoms with Crippen molar-refractivity contribution in [1.82, 2.24) is 0 Å². The molecule has 1 aromatic carbocycles. The molecule has 0 radical (unpaired) electrons. The van der Waals surface area contributed by atoms with Gasteiger partial charge in [0.25, 0.3) is 10.1 Å². The van der Waals surface area contributed by atoms with Crippen molar-refractivity contribution in [2.24, 2.45) is 0 Å². The summed E-state index contributed by atoms with van der Waals surface area (Å²) in [5.41, 5.74) is 2.16. The second kappa shape index (κ2) is 8.79. The smallest absolute Gasteiger partial charge is 0.744 e. The number of rotatable bonds is 7. The Kier molecular flexibility index (Phi) is 8.24. The third-order valence-electron chi connectivity index (χ3n) is 4.99. The van der Waals surface area contributed by atoms with Gasteiger partial charge in [-0.2, -0.15) is 13.0 Å². The summed E-state index contributed by atoms with van der Waals surface area (Å²) in [6, 6.07) is 4.40. The zero-order chi connectivity index (χ0) is 19.0. The molecule has 1 heterocycles. The van der Waals surface area contributed by atoms with Crippen molar-refractivity contribution in [2.75, 3.05) is 12.3 Å². The maximum atomic E-state index is 11.4. The standard InChI is InChI=1S/C16H23NO6S2.K/c1-4-17-12(2)16(3,9-5-6-10-24(18,19)20)14-11-13(25(21,22)23)7-8-15(14)17;/h7-8,11H,4-6,9-10H2,1-3H3,(H-,18,19,20,21,22,23);/q;+1. The number of benzene rings is 1. The van der Waals surface area contributed by atoms with Crippen LogP contribution < -0.4 is 51.4 Å². The van der Waals surface area contributed by atoms with E-state index in [4.69, 9.17) is 4.55 Å². The van der Waals surface area contributed by atoms with Crippen molar-refractivity contribution in [3.63, 3.8) is 0 Å². The number of fused-ring (bicyclic) bond motifs is 1. The third-order valence-corrected chi connectivity index (χ3v) is 6.63. The Bertz CT molecular complexity index is 924. The van der Waals surface area contributed by atoms with Crippen LogP contribution in [0, 0.1) is 0 Å². The number of unbranched alkanes of at least 4 members (excludes halogenated alkanes) is 1. The second-order valence-electron chi connectivity index (χ2n) is 6.54. The van der Waals surface area contributed by atoms with Gasteiger partial charge in [0.1, 0.15) is 16.7 Å². The van der Waals surface area contributed by atoms with Crippen molar-refractivity contribution >= 4 is 31.6 Å². The maximum absolute atomic E-state index is 11.4. The summed E-state index contributed by atoms with van der Waals surface area (Å²) in [6.45, 7) is 6.60. The van der Waals surface area contributed by atoms with E-state index in [1.807, 2.05) is 20.8 Å². The molecule has 0 aromatic heterocycles. The van der Waals surface area contributed by atoms with E-state index in [1.54, 1.807) is 6.07 Å². The molecule has 10 heteroatoms. The van der Waals surface area contributed by atoms with Crippen LogP contribution in [0.5, 0.6) is 0 Å². The average molecular weight is 429 g/mol. The van der Waals surface area contributed by atoms with Crippen LogP contribution in [0.25, 0.3) is 0 Å². The first-order valence-corrected chi connectivity index (χ1v) is 11.1. The molecule has 0 aliphatic carbocycles. The fraction of sp³-hybridized carbons (Fsp3) is 0.562. The molecule has 1 aromatic rings. The van der Waals surface area contributed by atoms with Crippen molar-refractivity contribution in [1.29, 1.82) is 0 Å². The summed E-state index contributed by atoms with van der Waals surface area (Å²) in [5, 5.41) is 0. The molecule has 0 amide bonds. The van der Waals surface area contributed by atoms with Crippen LogP contribution in [0.15, 0.2) is 23.1 Å². The monoisotopic (exact) mass is 428 g/mol. The van der Waals surface area contributed by atoms with Gasteiger partial charge in [0.05, 0.1) is 16.1 Å². The Labute approximate surface area is 197 Å². The Hall–Kier alpha value is 0.346. The first-order valence-electron chi connectivity index (χ1n) is 8.07. The number of hydrogen-bond acceptors (Lipinski definition) is 5. The molecule has 1 atom stereocenters. The van der Waals surface area contributed by atoms with Crippen molar-refractivity contribution < 1.29 is 81.9 Å². The normalized spacial score (nSPS) is 20.0. The Morgan fingerprint density at radius 1 is 1.19 bits per heavy atom. The summed E-state index contributed by atoms with van der Waals surface area (Å²) < 4.78 is 66.8. The largest absolute Gasteiger partial charge is 1.00 e. The zero-order valence-corrected chi connectivity index (χ0v) is 20.3. The number of hydrogen-bond donors (Lipinski definition) is 1. The fourth-order valence-corrected chi connectivity index (χ4v) is 4.57. The van der Waals surface area contributed by atoms with Crippen molar-refractivity contribution in [3.8, 4) is 0 Å². The van der Waals surface area contributed by atoms with Gasteiger partial charge < -0.3 is 4.55 Å². The van der Waals surface area contributed by atoms with Crippen LogP contribution in [0.1, 0.15) is 45.6 Å². The van der Waals surface area contributed by atoms with Crippen LogP contribution in [-0.2, 0) is 25.7 Å². The fourth-order valence-electron chi connectivity index (χ4n) is 3.51. The first kappa shape index (κ1) is 24.4. The van der Waals surface area contributed by atoms with E-state index in [2.05, 4.69) is 4.58 Å². The first-order chi connectivity index (χ1) is 11.4. The van der Waals surface area contributed by atoms with Crippen molar-refractivity contribution in [2.45, 2.75) is 50.3 Å². The molecule has 1 aliphatic heterocycles. The van der Waals surface area contributed by atoms with Gasteiger partial charge in [0, 0.05) is 18.6 Å². The van der Waals surface area contributed by atoms with Crippen molar-refractivity contribution in [3.05, 3.63) is 23.8 Å². The molecule has 140 valence electrons. The van der Waals surface area contributed by atoms with E-state index >= 15 is 0 Å². The van der Waals surface area contributed by atoms with Gasteiger partial charge in [-0.25, -0.2) is 8.42 Å². The van der Waals surface area contributed by atoms with Gasteiger partial charge >= 0.3 is 51.4 Å². The Balaban J connectivity index is 0.00000338. The van der Waals surface area contributed by atoms with Gasteiger partial charge in [-0.3, -0.25) is 4.55 Å². The van der Waals surface area contributed by atoms with Gasteiger partial charge in [0.2, 0.25) is 5.69 Å². The number of nitrogens with zero attached hydrogens (tertiary/aromatic N) is 1. The topological polar surface area (TPSA) is 115 Å². The predicted octanol–water partition coefficient (Wildman–Crippen LogP) is -0.951. The van der Waals surface area contributed by atoms with Crippen LogP contribution in [-0.4, -0.2) is 48.5 Å². The van der Waals surface area contributed by atoms with E-state index in [9.17, 15) is 21.4 Å². The van der Waals surface area contributed by atoms with E-state index in [1.165, 1.54) is 12.1 Å². The zero-order valence-electron chi connectivity index (χ0n) is 15.5. The maximum Gasteiger partial charge on any atom is 1.00 e. The van der Waals surface area contributed by atoms with Crippen LogP contribution in [0.3, 0.4) is 0 Å². The molecule has 0 bridgehead atoms. The minimum absolute atomic E-state index is 0. The molecule has 1 N–H and O–H groups in total. The quantitative estimate of drug-likeness (QED) is 0.259. The van der Waals surface area contributed by atoms with Crippen LogP contribution >= 0.6 is 0 Å². The molecule has 0 spiro atoms. The SMILES string of the molecule is CC[N+]1=C(C)C(C)(CCCCS(=O)(=O)O)c2cc(S(=O)(=O)[O-])ccc21.[K+]. The predicted molar refractivity (Wildman–Crippen MR) is 93.2 cm³/mol. The molecule has 7 nitrogen and oxygen atoms in total. The van der Waals surface area contributed by atoms with Gasteiger partial charge in [0.15, 0.2) is 5.71 Å². The van der Waals surface area contributed by atoms with Crippen LogP contribution in [0.2, 0.25) is 0 Å². The van der Waals surface area contributed by atoms with Gasteiger partial charge in [-0.05, 0) is 38.8 Å². The summed E-state index contributed by atoms with van der Waals surface area (Å²) in [4.78, 5) is -0.263. The molecule has 1 unspecified atom stereocenters. The molecule has 1 aliphatic rings. The van der Waals surface area contributed by atoms with Crippen LogP contribution in [0.4, 0.5) is 5.69 Å². The van der Waals surface area contributed by atoms with E-state index in [0.29, 0.717) is 25.8 Å². The summed E-state index contributed by atoms with van der Waals surface area (Å²) in [6.07, 6.45) is 1.43. The minimum Gasteiger partial charge on any atom is -0.744 e. The molecular formula is C16H23KNO6S2+. The average Bonchev–Trinajstić information content (AvgIpc) is 2.70. The van der Waals surface area contributed by atoms with Gasteiger partial charge in [-0.1, -0.05) is 6.42 Å². The molecule has 2 rings (SSSR count). The molecule has 0 saturated carbocycles. The van der Waals surface area contributed by atoms with E-state index in [-0.39, 0.29) is 62.0 Å². The Morgan fingerprint density at radius 2 is 1.81 bits per heavy atom. The molecule has 0 saturated heterocycles. The Morgan fingerprint density at radius 3 is 2.31 bits per heavy atom. The van der Waals surface area contributed by atoms with E-state index < -0.39 is 25.7 Å². The van der Waals surface area contributed by atoms with E-state index in [0.717, 1.165) is 17.0 Å². The second-order valence-corrected chi connectivity index (χ2v) is 9.49. The molecular weight excluding hydrogens is 405 g/mol. The molecule has 0 fully saturated rings. The minimum atomic E-state index is -4.55. The summed E-state index contributed by atoms with van der Waals surface area (Å²) in [7, 11) is -8.54. The van der Waals surface area contributed by atoms with Gasteiger partial charge in [-0.15, -0.1) is 0 Å². The summed E-state index contributed by atoms with van der Waals surface area (Å²) in [5.74, 6) is -0.304. The summed E-state index contributed by atoms with van der Waals surface area (Å²) >= 11 is 0. The third kappa shape index (κ3) is 5.24.